The third-order valence-corrected chi connectivity index (χ3v) is 4.02. The lowest BCUT2D eigenvalue weighted by molar-refractivity contribution is -0.143. The molecule has 0 saturated heterocycles. The smallest absolute Gasteiger partial charge is 0.311 e. The quantitative estimate of drug-likeness (QED) is 0.836. The van der Waals surface area contributed by atoms with Crippen LogP contribution in [0.4, 0.5) is 0 Å². The maximum atomic E-state index is 12.0. The Hall–Kier alpha value is -1.84. The molecule has 1 saturated carbocycles. The Kier molecular flexibility index (Phi) is 4.12. The number of hydrogen-bond acceptors (Lipinski definition) is 2. The van der Waals surface area contributed by atoms with Crippen LogP contribution in [0.1, 0.15) is 30.9 Å². The van der Waals surface area contributed by atoms with Crippen molar-refractivity contribution in [2.24, 2.45) is 11.3 Å². The molecular formula is C16H21NO3. The van der Waals surface area contributed by atoms with Crippen LogP contribution in [0, 0.1) is 18.3 Å². The molecule has 1 amide bonds. The fraction of sp³-hybridized carbons (Fsp3) is 0.500. The van der Waals surface area contributed by atoms with Gasteiger partial charge in [-0.1, -0.05) is 36.8 Å². The third-order valence-electron chi connectivity index (χ3n) is 4.02. The third kappa shape index (κ3) is 3.38. The van der Waals surface area contributed by atoms with E-state index in [9.17, 15) is 9.59 Å². The molecule has 108 valence electrons. The van der Waals surface area contributed by atoms with Gasteiger partial charge in [0.05, 0.1) is 5.41 Å². The largest absolute Gasteiger partial charge is 0.481 e. The number of hydrogen-bond donors (Lipinski definition) is 2. The summed E-state index contributed by atoms with van der Waals surface area (Å²) in [6.45, 7) is 4.15. The van der Waals surface area contributed by atoms with Crippen LogP contribution in [-0.2, 0) is 16.0 Å². The lowest BCUT2D eigenvalue weighted by Gasteiger charge is -2.15. The van der Waals surface area contributed by atoms with Gasteiger partial charge in [0, 0.05) is 12.5 Å². The first kappa shape index (κ1) is 14.6. The first-order chi connectivity index (χ1) is 9.43. The maximum Gasteiger partial charge on any atom is 0.311 e. The van der Waals surface area contributed by atoms with E-state index in [1.54, 1.807) is 0 Å². The first-order valence-corrected chi connectivity index (χ1v) is 7.00. The summed E-state index contributed by atoms with van der Waals surface area (Å²) in [6, 6.07) is 8.12. The minimum absolute atomic E-state index is 0.0712. The number of aliphatic carboxylic acids is 1. The Morgan fingerprint density at radius 1 is 1.30 bits per heavy atom. The number of carboxylic acid groups (broad SMARTS) is 1. The van der Waals surface area contributed by atoms with Gasteiger partial charge in [-0.2, -0.15) is 0 Å². The summed E-state index contributed by atoms with van der Waals surface area (Å²) in [7, 11) is 0. The van der Waals surface area contributed by atoms with Crippen molar-refractivity contribution in [3.8, 4) is 0 Å². The number of carboxylic acids is 1. The first-order valence-electron chi connectivity index (χ1n) is 7.00. The van der Waals surface area contributed by atoms with E-state index in [-0.39, 0.29) is 18.4 Å². The van der Waals surface area contributed by atoms with Crippen molar-refractivity contribution in [3.05, 3.63) is 35.4 Å². The molecule has 0 spiro atoms. The summed E-state index contributed by atoms with van der Waals surface area (Å²) < 4.78 is 0. The van der Waals surface area contributed by atoms with Gasteiger partial charge in [0.2, 0.25) is 5.91 Å². The number of carbonyl (C=O) groups is 2. The van der Waals surface area contributed by atoms with E-state index in [1.165, 1.54) is 5.56 Å². The summed E-state index contributed by atoms with van der Waals surface area (Å²) in [5.74, 6) is -1.02. The van der Waals surface area contributed by atoms with Gasteiger partial charge < -0.3 is 10.4 Å². The molecule has 0 radical (unpaired) electrons. The Morgan fingerprint density at radius 2 is 1.90 bits per heavy atom. The highest BCUT2D eigenvalue weighted by Crippen LogP contribution is 2.45. The zero-order chi connectivity index (χ0) is 14.8. The molecule has 1 aromatic rings. The molecule has 1 unspecified atom stereocenters. The maximum absolute atomic E-state index is 12.0. The summed E-state index contributed by atoms with van der Waals surface area (Å²) in [5, 5.41) is 11.8. The second-order valence-electron chi connectivity index (χ2n) is 5.89. The van der Waals surface area contributed by atoms with E-state index >= 15 is 0 Å². The minimum atomic E-state index is -0.802. The van der Waals surface area contributed by atoms with Gasteiger partial charge in [-0.05, 0) is 31.7 Å². The molecule has 1 aliphatic carbocycles. The number of nitrogens with one attached hydrogen (secondary N) is 1. The average Bonchev–Trinajstić information content (AvgIpc) is 3.20. The average molecular weight is 275 g/mol. The number of benzene rings is 1. The minimum Gasteiger partial charge on any atom is -0.481 e. The van der Waals surface area contributed by atoms with Gasteiger partial charge in [0.15, 0.2) is 0 Å². The monoisotopic (exact) mass is 275 g/mol. The van der Waals surface area contributed by atoms with E-state index < -0.39 is 11.4 Å². The van der Waals surface area contributed by atoms with Gasteiger partial charge in [-0.3, -0.25) is 9.59 Å². The normalized spacial score (nSPS) is 17.3. The Balaban J connectivity index is 1.83. The highest BCUT2D eigenvalue weighted by molar-refractivity contribution is 5.82. The van der Waals surface area contributed by atoms with Gasteiger partial charge >= 0.3 is 5.97 Å². The predicted molar refractivity (Wildman–Crippen MR) is 76.4 cm³/mol. The van der Waals surface area contributed by atoms with Crippen LogP contribution in [0.5, 0.6) is 0 Å². The van der Waals surface area contributed by atoms with Gasteiger partial charge in [-0.25, -0.2) is 0 Å². The van der Waals surface area contributed by atoms with Crippen molar-refractivity contribution in [3.63, 3.8) is 0 Å². The summed E-state index contributed by atoms with van der Waals surface area (Å²) in [5.41, 5.74) is 1.62. The highest BCUT2D eigenvalue weighted by Gasteiger charge is 2.50. The number of carbonyl (C=O) groups excluding carboxylic acids is 1. The fourth-order valence-corrected chi connectivity index (χ4v) is 2.22. The summed E-state index contributed by atoms with van der Waals surface area (Å²) in [4.78, 5) is 23.0. The molecule has 2 rings (SSSR count). The molecule has 1 atom stereocenters. The van der Waals surface area contributed by atoms with E-state index in [0.717, 1.165) is 5.56 Å². The van der Waals surface area contributed by atoms with Crippen LogP contribution in [0.3, 0.4) is 0 Å². The molecule has 1 aromatic carbocycles. The molecule has 0 aliphatic heterocycles. The lowest BCUT2D eigenvalue weighted by Crippen LogP contribution is -2.37. The van der Waals surface area contributed by atoms with E-state index in [4.69, 9.17) is 5.11 Å². The molecule has 1 aliphatic rings. The molecule has 0 aromatic heterocycles. The second-order valence-corrected chi connectivity index (χ2v) is 5.89. The molecular weight excluding hydrogens is 254 g/mol. The summed E-state index contributed by atoms with van der Waals surface area (Å²) in [6.07, 6.45) is 2.00. The Morgan fingerprint density at radius 3 is 2.40 bits per heavy atom. The van der Waals surface area contributed by atoms with Gasteiger partial charge in [0.25, 0.3) is 0 Å². The molecule has 2 N–H and O–H groups in total. The molecule has 4 nitrogen and oxygen atoms in total. The van der Waals surface area contributed by atoms with E-state index in [2.05, 4.69) is 5.32 Å². The van der Waals surface area contributed by atoms with Crippen LogP contribution in [0.25, 0.3) is 0 Å². The highest BCUT2D eigenvalue weighted by atomic mass is 16.4. The number of aryl methyl sites for hydroxylation is 1. The van der Waals surface area contributed by atoms with Crippen molar-refractivity contribution < 1.29 is 14.7 Å². The van der Waals surface area contributed by atoms with E-state index in [1.807, 2.05) is 38.1 Å². The van der Waals surface area contributed by atoms with Crippen LogP contribution >= 0.6 is 0 Å². The van der Waals surface area contributed by atoms with Crippen LogP contribution in [0.15, 0.2) is 24.3 Å². The van der Waals surface area contributed by atoms with Crippen LogP contribution in [0.2, 0.25) is 0 Å². The zero-order valence-electron chi connectivity index (χ0n) is 12.0. The van der Waals surface area contributed by atoms with Crippen molar-refractivity contribution in [2.45, 2.75) is 33.1 Å². The predicted octanol–water partition coefficient (Wildman–Crippen LogP) is 2.15. The number of rotatable bonds is 6. The number of amides is 1. The standard InChI is InChI=1S/C16H21NO3/c1-11-3-5-13(6-4-11)9-12(2)14(18)17-10-16(7-8-16)15(19)20/h3-6,12H,7-10H2,1-2H3,(H,17,18)(H,19,20). The fourth-order valence-electron chi connectivity index (χ4n) is 2.22. The lowest BCUT2D eigenvalue weighted by atomic mass is 9.99. The van der Waals surface area contributed by atoms with Crippen LogP contribution < -0.4 is 5.32 Å². The van der Waals surface area contributed by atoms with Gasteiger partial charge in [0.1, 0.15) is 0 Å². The molecule has 20 heavy (non-hydrogen) atoms. The molecule has 1 fully saturated rings. The second kappa shape index (κ2) is 5.65. The Bertz CT molecular complexity index is 503. The van der Waals surface area contributed by atoms with Crippen molar-refractivity contribution in [1.82, 2.24) is 5.32 Å². The zero-order valence-corrected chi connectivity index (χ0v) is 12.0. The molecule has 0 heterocycles. The van der Waals surface area contributed by atoms with Gasteiger partial charge in [-0.15, -0.1) is 0 Å². The molecule has 0 bridgehead atoms. The summed E-state index contributed by atoms with van der Waals surface area (Å²) >= 11 is 0. The van der Waals surface area contributed by atoms with E-state index in [0.29, 0.717) is 19.3 Å². The topological polar surface area (TPSA) is 66.4 Å². The molecule has 4 heteroatoms. The van der Waals surface area contributed by atoms with Crippen LogP contribution in [-0.4, -0.2) is 23.5 Å². The van der Waals surface area contributed by atoms with Crippen molar-refractivity contribution >= 4 is 11.9 Å². The van der Waals surface area contributed by atoms with Crippen molar-refractivity contribution in [1.29, 1.82) is 0 Å². The van der Waals surface area contributed by atoms with Crippen molar-refractivity contribution in [2.75, 3.05) is 6.54 Å². The Labute approximate surface area is 119 Å². The SMILES string of the molecule is Cc1ccc(CC(C)C(=O)NCC2(C(=O)O)CC2)cc1.